The molecule has 1 aliphatic carbocycles. The van der Waals surface area contributed by atoms with Crippen LogP contribution in [0, 0.1) is 11.3 Å². The molecule has 4 nitrogen and oxygen atoms in total. The average Bonchev–Trinajstić information content (AvgIpc) is 2.76. The van der Waals surface area contributed by atoms with E-state index in [2.05, 4.69) is 23.5 Å². The molecule has 0 radical (unpaired) electrons. The van der Waals surface area contributed by atoms with Gasteiger partial charge in [0.15, 0.2) is 5.54 Å². The summed E-state index contributed by atoms with van der Waals surface area (Å²) in [5, 5.41) is 21.7. The molecule has 1 aliphatic heterocycles. The summed E-state index contributed by atoms with van der Waals surface area (Å²) in [5.41, 5.74) is 1.49. The maximum atomic E-state index is 9.34. The molecular weight excluding hydrogens is 216 g/mol. The number of nitriles is 1. The van der Waals surface area contributed by atoms with Gasteiger partial charge in [-0.15, -0.1) is 0 Å². The number of nitrogens with zero attached hydrogens (tertiary/aromatic N) is 1. The Morgan fingerprint density at radius 1 is 1.53 bits per heavy atom. The Kier molecular flexibility index (Phi) is 2.40. The molecule has 0 amide bonds. The van der Waals surface area contributed by atoms with E-state index in [4.69, 9.17) is 10.00 Å². The Bertz CT molecular complexity index is 483. The monoisotopic (exact) mass is 230 g/mol. The number of benzene rings is 1. The third-order valence-electron chi connectivity index (χ3n) is 3.64. The van der Waals surface area contributed by atoms with E-state index < -0.39 is 5.54 Å². The van der Waals surface area contributed by atoms with Gasteiger partial charge in [0.1, 0.15) is 0 Å². The molecule has 1 heterocycles. The van der Waals surface area contributed by atoms with Gasteiger partial charge in [0, 0.05) is 6.42 Å². The first-order valence-electron chi connectivity index (χ1n) is 5.77. The quantitative estimate of drug-likeness (QED) is 0.738. The first-order chi connectivity index (χ1) is 8.28. The summed E-state index contributed by atoms with van der Waals surface area (Å²) in [6, 6.07) is 10.3. The molecule has 1 saturated heterocycles. The van der Waals surface area contributed by atoms with Gasteiger partial charge in [0.05, 0.1) is 31.4 Å². The summed E-state index contributed by atoms with van der Waals surface area (Å²) in [5.74, 6) is 0. The van der Waals surface area contributed by atoms with Crippen LogP contribution in [0.2, 0.25) is 0 Å². The summed E-state index contributed by atoms with van der Waals surface area (Å²) < 4.78 is 5.74. The Morgan fingerprint density at radius 3 is 3.12 bits per heavy atom. The van der Waals surface area contributed by atoms with Crippen LogP contribution in [-0.2, 0) is 11.2 Å². The number of rotatable bonds is 1. The SMILES string of the molecule is N#C[C@@]1(CO)CO[C@H]2Cc3ccccc3[C@@H]2N1. The minimum atomic E-state index is -0.960. The predicted octanol–water partition coefficient (Wildman–Crippen LogP) is 0.527. The zero-order valence-electron chi connectivity index (χ0n) is 9.39. The Labute approximate surface area is 99.8 Å². The smallest absolute Gasteiger partial charge is 0.154 e. The molecule has 1 fully saturated rings. The molecule has 0 bridgehead atoms. The summed E-state index contributed by atoms with van der Waals surface area (Å²) >= 11 is 0. The maximum Gasteiger partial charge on any atom is 0.154 e. The maximum absolute atomic E-state index is 9.34. The zero-order valence-corrected chi connectivity index (χ0v) is 9.39. The summed E-state index contributed by atoms with van der Waals surface area (Å²) in [4.78, 5) is 0. The van der Waals surface area contributed by atoms with E-state index >= 15 is 0 Å². The Morgan fingerprint density at radius 2 is 2.35 bits per heavy atom. The Hall–Kier alpha value is -1.41. The highest BCUT2D eigenvalue weighted by atomic mass is 16.5. The highest BCUT2D eigenvalue weighted by Gasteiger charge is 2.45. The molecule has 0 spiro atoms. The number of nitrogens with one attached hydrogen (secondary N) is 1. The second kappa shape index (κ2) is 3.81. The predicted molar refractivity (Wildman–Crippen MR) is 61.2 cm³/mol. The highest BCUT2D eigenvalue weighted by molar-refractivity contribution is 5.38. The minimum Gasteiger partial charge on any atom is -0.393 e. The van der Waals surface area contributed by atoms with Crippen LogP contribution in [0.5, 0.6) is 0 Å². The van der Waals surface area contributed by atoms with Crippen LogP contribution in [0.1, 0.15) is 17.2 Å². The van der Waals surface area contributed by atoms with E-state index in [-0.39, 0.29) is 25.4 Å². The second-order valence-electron chi connectivity index (χ2n) is 4.73. The average molecular weight is 230 g/mol. The van der Waals surface area contributed by atoms with E-state index in [0.717, 1.165) is 6.42 Å². The topological polar surface area (TPSA) is 65.3 Å². The fourth-order valence-corrected chi connectivity index (χ4v) is 2.66. The fourth-order valence-electron chi connectivity index (χ4n) is 2.66. The van der Waals surface area contributed by atoms with E-state index in [0.29, 0.717) is 0 Å². The van der Waals surface area contributed by atoms with Crippen molar-refractivity contribution in [3.05, 3.63) is 35.4 Å². The van der Waals surface area contributed by atoms with Crippen molar-refractivity contribution in [1.82, 2.24) is 5.32 Å². The number of hydrogen-bond donors (Lipinski definition) is 2. The van der Waals surface area contributed by atoms with Crippen molar-refractivity contribution in [1.29, 1.82) is 5.26 Å². The summed E-state index contributed by atoms with van der Waals surface area (Å²) in [6.07, 6.45) is 0.959. The van der Waals surface area contributed by atoms with Gasteiger partial charge < -0.3 is 9.84 Å². The molecule has 4 heteroatoms. The lowest BCUT2D eigenvalue weighted by molar-refractivity contribution is -0.0530. The molecule has 3 rings (SSSR count). The molecular formula is C13H14N2O2. The van der Waals surface area contributed by atoms with Gasteiger partial charge in [-0.3, -0.25) is 5.32 Å². The lowest BCUT2D eigenvalue weighted by atomic mass is 9.97. The van der Waals surface area contributed by atoms with Crippen LogP contribution in [0.15, 0.2) is 24.3 Å². The molecule has 88 valence electrons. The number of ether oxygens (including phenoxy) is 1. The van der Waals surface area contributed by atoms with Gasteiger partial charge in [-0.25, -0.2) is 0 Å². The summed E-state index contributed by atoms with van der Waals surface area (Å²) in [6.45, 7) is 0.0179. The molecule has 2 aliphatic rings. The van der Waals surface area contributed by atoms with Crippen molar-refractivity contribution >= 4 is 0 Å². The van der Waals surface area contributed by atoms with Crippen molar-refractivity contribution in [3.63, 3.8) is 0 Å². The van der Waals surface area contributed by atoms with Crippen LogP contribution in [0.4, 0.5) is 0 Å². The zero-order chi connectivity index (χ0) is 11.9. The number of fused-ring (bicyclic) bond motifs is 3. The lowest BCUT2D eigenvalue weighted by Crippen LogP contribution is -2.59. The van der Waals surface area contributed by atoms with Gasteiger partial charge in [0.25, 0.3) is 0 Å². The van der Waals surface area contributed by atoms with Crippen molar-refractivity contribution in [2.45, 2.75) is 24.1 Å². The van der Waals surface area contributed by atoms with Crippen molar-refractivity contribution in [2.75, 3.05) is 13.2 Å². The van der Waals surface area contributed by atoms with Gasteiger partial charge in [0.2, 0.25) is 0 Å². The molecule has 0 saturated carbocycles. The molecule has 0 unspecified atom stereocenters. The van der Waals surface area contributed by atoms with Crippen LogP contribution in [0.25, 0.3) is 0 Å². The first-order valence-corrected chi connectivity index (χ1v) is 5.77. The Balaban J connectivity index is 1.94. The standard InChI is InChI=1S/C13H14N2O2/c14-6-13(7-16)8-17-11-5-9-3-1-2-4-10(9)12(11)15-13/h1-4,11-12,15-16H,5,7-8H2/t11-,12-,13+/m0/s1. The van der Waals surface area contributed by atoms with E-state index in [1.165, 1.54) is 11.1 Å². The third kappa shape index (κ3) is 1.55. The van der Waals surface area contributed by atoms with Crippen molar-refractivity contribution in [2.24, 2.45) is 0 Å². The number of morpholine rings is 1. The number of aliphatic hydroxyl groups is 1. The van der Waals surface area contributed by atoms with Gasteiger partial charge in [-0.1, -0.05) is 24.3 Å². The third-order valence-corrected chi connectivity index (χ3v) is 3.64. The van der Waals surface area contributed by atoms with Crippen LogP contribution < -0.4 is 5.32 Å². The second-order valence-corrected chi connectivity index (χ2v) is 4.73. The summed E-state index contributed by atoms with van der Waals surface area (Å²) in [7, 11) is 0. The van der Waals surface area contributed by atoms with Gasteiger partial charge in [-0.2, -0.15) is 5.26 Å². The number of aliphatic hydroxyl groups excluding tert-OH is 1. The largest absolute Gasteiger partial charge is 0.393 e. The van der Waals surface area contributed by atoms with E-state index in [9.17, 15) is 5.11 Å². The van der Waals surface area contributed by atoms with Crippen molar-refractivity contribution in [3.8, 4) is 6.07 Å². The van der Waals surface area contributed by atoms with Gasteiger partial charge in [-0.05, 0) is 11.1 Å². The molecule has 0 aromatic heterocycles. The van der Waals surface area contributed by atoms with E-state index in [1.807, 2.05) is 12.1 Å². The number of hydrogen-bond acceptors (Lipinski definition) is 4. The van der Waals surface area contributed by atoms with Gasteiger partial charge >= 0.3 is 0 Å². The van der Waals surface area contributed by atoms with Crippen LogP contribution in [-0.4, -0.2) is 30.0 Å². The molecule has 3 atom stereocenters. The first kappa shape index (κ1) is 10.7. The van der Waals surface area contributed by atoms with Crippen molar-refractivity contribution < 1.29 is 9.84 Å². The highest BCUT2D eigenvalue weighted by Crippen LogP contribution is 2.37. The molecule has 1 aromatic rings. The fraction of sp³-hybridized carbons (Fsp3) is 0.462. The molecule has 2 N–H and O–H groups in total. The lowest BCUT2D eigenvalue weighted by Gasteiger charge is -2.38. The van der Waals surface area contributed by atoms with Crippen LogP contribution in [0.3, 0.4) is 0 Å². The molecule has 1 aromatic carbocycles. The normalized spacial score (nSPS) is 34.8. The van der Waals surface area contributed by atoms with E-state index in [1.54, 1.807) is 0 Å². The molecule has 17 heavy (non-hydrogen) atoms. The van der Waals surface area contributed by atoms with Crippen LogP contribution >= 0.6 is 0 Å². The minimum absolute atomic E-state index is 0.0201.